The Labute approximate surface area is 174 Å². The summed E-state index contributed by atoms with van der Waals surface area (Å²) in [7, 11) is 0. The maximum atomic E-state index is 12.1. The average molecular weight is 402 g/mol. The van der Waals surface area contributed by atoms with E-state index >= 15 is 0 Å². The average Bonchev–Trinajstić information content (AvgIpc) is 2.76. The van der Waals surface area contributed by atoms with Crippen LogP contribution in [0, 0.1) is 13.8 Å². The molecule has 0 aliphatic carbocycles. The molecule has 152 valence electrons. The van der Waals surface area contributed by atoms with E-state index in [4.69, 9.17) is 4.74 Å². The zero-order valence-electron chi connectivity index (χ0n) is 16.8. The van der Waals surface area contributed by atoms with Crippen molar-refractivity contribution in [3.63, 3.8) is 0 Å². The number of aryl methyl sites for hydroxylation is 2. The molecule has 0 saturated carbocycles. The van der Waals surface area contributed by atoms with Crippen LogP contribution in [0.15, 0.2) is 72.1 Å². The molecular weight excluding hydrogens is 380 g/mol. The Balaban J connectivity index is 1.46. The Bertz CT molecular complexity index is 1050. The molecule has 1 aromatic heterocycles. The van der Waals surface area contributed by atoms with Crippen LogP contribution in [0.25, 0.3) is 0 Å². The van der Waals surface area contributed by atoms with Crippen LogP contribution in [-0.4, -0.2) is 29.6 Å². The normalized spacial score (nSPS) is 10.6. The van der Waals surface area contributed by atoms with Crippen molar-refractivity contribution >= 4 is 23.7 Å². The number of aromatic nitrogens is 1. The predicted octanol–water partition coefficient (Wildman–Crippen LogP) is 3.48. The zero-order chi connectivity index (χ0) is 21.3. The van der Waals surface area contributed by atoms with E-state index in [2.05, 4.69) is 20.8 Å². The molecule has 0 fully saturated rings. The minimum atomic E-state index is -0.339. The first kappa shape index (κ1) is 20.7. The van der Waals surface area contributed by atoms with Gasteiger partial charge >= 0.3 is 0 Å². The summed E-state index contributed by atoms with van der Waals surface area (Å²) in [6.45, 7) is 3.92. The van der Waals surface area contributed by atoms with Crippen molar-refractivity contribution in [2.75, 3.05) is 11.9 Å². The second-order valence-corrected chi connectivity index (χ2v) is 6.65. The summed E-state index contributed by atoms with van der Waals surface area (Å²) < 4.78 is 5.52. The lowest BCUT2D eigenvalue weighted by Crippen LogP contribution is -2.20. The van der Waals surface area contributed by atoms with E-state index in [0.717, 1.165) is 16.8 Å². The highest BCUT2D eigenvalue weighted by molar-refractivity contribution is 5.94. The number of amides is 2. The topological polar surface area (TPSA) is 92.7 Å². The van der Waals surface area contributed by atoms with Crippen LogP contribution in [-0.2, 0) is 4.79 Å². The Kier molecular flexibility index (Phi) is 6.89. The molecule has 2 aromatic carbocycles. The Morgan fingerprint density at radius 3 is 2.57 bits per heavy atom. The van der Waals surface area contributed by atoms with Gasteiger partial charge in [-0.3, -0.25) is 14.6 Å². The minimum absolute atomic E-state index is 0.0957. The van der Waals surface area contributed by atoms with Gasteiger partial charge in [0.2, 0.25) is 0 Å². The van der Waals surface area contributed by atoms with Crippen LogP contribution < -0.4 is 15.5 Å². The molecule has 0 radical (unpaired) electrons. The summed E-state index contributed by atoms with van der Waals surface area (Å²) in [6.07, 6.45) is 4.58. The predicted molar refractivity (Wildman–Crippen MR) is 116 cm³/mol. The molecule has 0 spiro atoms. The van der Waals surface area contributed by atoms with Gasteiger partial charge in [-0.15, -0.1) is 0 Å². The van der Waals surface area contributed by atoms with E-state index in [-0.39, 0.29) is 18.4 Å². The van der Waals surface area contributed by atoms with E-state index in [1.54, 1.807) is 42.6 Å². The number of carbonyl (C=O) groups is 2. The van der Waals surface area contributed by atoms with Gasteiger partial charge < -0.3 is 10.1 Å². The molecule has 3 aromatic rings. The van der Waals surface area contributed by atoms with Crippen molar-refractivity contribution in [1.82, 2.24) is 10.4 Å². The molecule has 2 amide bonds. The molecule has 0 bridgehead atoms. The van der Waals surface area contributed by atoms with Crippen LogP contribution >= 0.6 is 0 Å². The quantitative estimate of drug-likeness (QED) is 0.467. The second kappa shape index (κ2) is 9.97. The van der Waals surface area contributed by atoms with Gasteiger partial charge in [-0.05, 0) is 79.1 Å². The van der Waals surface area contributed by atoms with Crippen molar-refractivity contribution < 1.29 is 14.3 Å². The number of nitrogens with zero attached hydrogens (tertiary/aromatic N) is 2. The number of carbonyl (C=O) groups excluding carboxylic acids is 2. The number of nitrogens with one attached hydrogen (secondary N) is 2. The number of hydrogen-bond acceptors (Lipinski definition) is 5. The van der Waals surface area contributed by atoms with Gasteiger partial charge in [-0.1, -0.05) is 6.07 Å². The Hall–Kier alpha value is -4.00. The molecule has 7 heteroatoms. The maximum Gasteiger partial charge on any atom is 0.272 e. The van der Waals surface area contributed by atoms with Crippen LogP contribution in [0.1, 0.15) is 27.0 Å². The van der Waals surface area contributed by atoms with Crippen LogP contribution in [0.3, 0.4) is 0 Å². The molecule has 0 aliphatic rings. The number of ether oxygens (including phenoxy) is 1. The van der Waals surface area contributed by atoms with Gasteiger partial charge in [0.25, 0.3) is 11.8 Å². The summed E-state index contributed by atoms with van der Waals surface area (Å²) >= 11 is 0. The van der Waals surface area contributed by atoms with E-state index < -0.39 is 0 Å². The van der Waals surface area contributed by atoms with Crippen molar-refractivity contribution in [2.45, 2.75) is 13.8 Å². The molecule has 0 saturated heterocycles. The molecule has 0 atom stereocenters. The Morgan fingerprint density at radius 2 is 1.87 bits per heavy atom. The van der Waals surface area contributed by atoms with E-state index in [0.29, 0.717) is 11.3 Å². The summed E-state index contributed by atoms with van der Waals surface area (Å²) in [4.78, 5) is 27.8. The van der Waals surface area contributed by atoms with Crippen LogP contribution in [0.4, 0.5) is 5.69 Å². The van der Waals surface area contributed by atoms with Crippen molar-refractivity contribution in [2.24, 2.45) is 5.10 Å². The lowest BCUT2D eigenvalue weighted by Gasteiger charge is -2.09. The van der Waals surface area contributed by atoms with Gasteiger partial charge in [0.05, 0.1) is 11.8 Å². The summed E-state index contributed by atoms with van der Waals surface area (Å²) in [5.41, 5.74) is 6.67. The first-order chi connectivity index (χ1) is 14.5. The fourth-order valence-corrected chi connectivity index (χ4v) is 2.54. The monoisotopic (exact) mass is 402 g/mol. The van der Waals surface area contributed by atoms with Gasteiger partial charge in [-0.2, -0.15) is 5.10 Å². The highest BCUT2D eigenvalue weighted by Gasteiger charge is 2.05. The molecule has 7 nitrogen and oxygen atoms in total. The lowest BCUT2D eigenvalue weighted by molar-refractivity contribution is -0.118. The fourth-order valence-electron chi connectivity index (χ4n) is 2.54. The first-order valence-electron chi connectivity index (χ1n) is 9.34. The number of hydrogen-bond donors (Lipinski definition) is 2. The van der Waals surface area contributed by atoms with E-state index in [1.807, 2.05) is 32.0 Å². The van der Waals surface area contributed by atoms with E-state index in [9.17, 15) is 9.59 Å². The van der Waals surface area contributed by atoms with E-state index in [1.165, 1.54) is 18.0 Å². The number of benzene rings is 2. The second-order valence-electron chi connectivity index (χ2n) is 6.65. The maximum absolute atomic E-state index is 12.1. The largest absolute Gasteiger partial charge is 0.484 e. The minimum Gasteiger partial charge on any atom is -0.484 e. The summed E-state index contributed by atoms with van der Waals surface area (Å²) in [5.74, 6) is -0.0159. The molecule has 1 heterocycles. The summed E-state index contributed by atoms with van der Waals surface area (Å²) in [6, 6.07) is 16.1. The number of hydrazone groups is 1. The number of rotatable bonds is 7. The highest BCUT2D eigenvalue weighted by Crippen LogP contribution is 2.15. The molecule has 2 N–H and O–H groups in total. The molecule has 0 unspecified atom stereocenters. The molecule has 30 heavy (non-hydrogen) atoms. The molecular formula is C23H22N4O3. The van der Waals surface area contributed by atoms with Gasteiger partial charge in [0, 0.05) is 18.1 Å². The highest BCUT2D eigenvalue weighted by atomic mass is 16.5. The SMILES string of the molecule is Cc1ccc(NC(=O)COc2ccc(C=NNC(=O)c3cccnc3)cc2)cc1C. The van der Waals surface area contributed by atoms with Crippen LogP contribution in [0.2, 0.25) is 0 Å². The number of anilines is 1. The smallest absolute Gasteiger partial charge is 0.272 e. The summed E-state index contributed by atoms with van der Waals surface area (Å²) in [5, 5.41) is 6.74. The zero-order valence-corrected chi connectivity index (χ0v) is 16.8. The van der Waals surface area contributed by atoms with Crippen molar-refractivity contribution in [3.8, 4) is 5.75 Å². The number of pyridine rings is 1. The van der Waals surface area contributed by atoms with Gasteiger partial charge in [0.15, 0.2) is 6.61 Å². The standard InChI is InChI=1S/C23H22N4O3/c1-16-5-8-20(12-17(16)2)26-22(28)15-30-21-9-6-18(7-10-21)13-25-27-23(29)19-4-3-11-24-14-19/h3-14H,15H2,1-2H3,(H,26,28)(H,27,29). The van der Waals surface area contributed by atoms with Crippen molar-refractivity contribution in [3.05, 3.63) is 89.2 Å². The van der Waals surface area contributed by atoms with Crippen molar-refractivity contribution in [1.29, 1.82) is 0 Å². The van der Waals surface area contributed by atoms with Crippen LogP contribution in [0.5, 0.6) is 5.75 Å². The van der Waals surface area contributed by atoms with Gasteiger partial charge in [0.1, 0.15) is 5.75 Å². The Morgan fingerprint density at radius 1 is 1.07 bits per heavy atom. The first-order valence-corrected chi connectivity index (χ1v) is 9.34. The third kappa shape index (κ3) is 6.00. The molecule has 3 rings (SSSR count). The molecule has 0 aliphatic heterocycles. The van der Waals surface area contributed by atoms with Gasteiger partial charge in [-0.25, -0.2) is 5.43 Å². The third-order valence-corrected chi connectivity index (χ3v) is 4.34. The third-order valence-electron chi connectivity index (χ3n) is 4.34. The fraction of sp³-hybridized carbons (Fsp3) is 0.130. The lowest BCUT2D eigenvalue weighted by atomic mass is 10.1.